The Balaban J connectivity index is 1.85. The second kappa shape index (κ2) is 9.45. The third-order valence-corrected chi connectivity index (χ3v) is 4.45. The monoisotopic (exact) mass is 369 g/mol. The molecule has 0 aliphatic rings. The highest BCUT2D eigenvalue weighted by Crippen LogP contribution is 2.28. The number of nitrogens with one attached hydrogen (secondary N) is 1. The Morgan fingerprint density at radius 2 is 1.63 bits per heavy atom. The Bertz CT molecular complexity index is 783. The van der Waals surface area contributed by atoms with E-state index in [4.69, 9.17) is 9.47 Å². The fraction of sp³-hybridized carbons (Fsp3) is 0.435. The third-order valence-electron chi connectivity index (χ3n) is 4.45. The lowest BCUT2D eigenvalue weighted by Gasteiger charge is -2.19. The minimum atomic E-state index is -0.564. The van der Waals surface area contributed by atoms with Crippen molar-refractivity contribution in [2.75, 3.05) is 13.2 Å². The molecule has 0 fully saturated rings. The van der Waals surface area contributed by atoms with Crippen molar-refractivity contribution in [2.45, 2.75) is 53.6 Å². The van der Waals surface area contributed by atoms with E-state index < -0.39 is 6.10 Å². The Morgan fingerprint density at radius 1 is 0.963 bits per heavy atom. The number of hydrogen-bond acceptors (Lipinski definition) is 3. The van der Waals surface area contributed by atoms with Crippen LogP contribution in [0.1, 0.15) is 48.9 Å². The van der Waals surface area contributed by atoms with E-state index in [1.807, 2.05) is 32.0 Å². The van der Waals surface area contributed by atoms with E-state index in [0.717, 1.165) is 28.2 Å². The van der Waals surface area contributed by atoms with Crippen LogP contribution in [-0.4, -0.2) is 25.2 Å². The highest BCUT2D eigenvalue weighted by atomic mass is 16.5. The fourth-order valence-corrected chi connectivity index (χ4v) is 2.90. The molecule has 4 heteroatoms. The van der Waals surface area contributed by atoms with Crippen LogP contribution < -0.4 is 14.8 Å². The first-order chi connectivity index (χ1) is 12.8. The number of aryl methyl sites for hydroxylation is 3. The molecule has 2 aromatic carbocycles. The lowest BCUT2D eigenvalue weighted by atomic mass is 10.0. The van der Waals surface area contributed by atoms with E-state index >= 15 is 0 Å². The molecule has 0 heterocycles. The molecular formula is C23H31NO3. The summed E-state index contributed by atoms with van der Waals surface area (Å²) in [5.41, 5.74) is 4.53. The number of rotatable bonds is 8. The van der Waals surface area contributed by atoms with Crippen LogP contribution >= 0.6 is 0 Å². The number of carbonyl (C=O) groups is 1. The molecule has 4 nitrogen and oxygen atoms in total. The van der Waals surface area contributed by atoms with Gasteiger partial charge in [0.1, 0.15) is 18.1 Å². The number of amides is 1. The van der Waals surface area contributed by atoms with Crippen LogP contribution in [-0.2, 0) is 4.79 Å². The number of hydrogen-bond donors (Lipinski definition) is 1. The summed E-state index contributed by atoms with van der Waals surface area (Å²) in [4.78, 5) is 12.3. The van der Waals surface area contributed by atoms with Crippen molar-refractivity contribution in [3.05, 3.63) is 58.7 Å². The quantitative estimate of drug-likeness (QED) is 0.686. The van der Waals surface area contributed by atoms with Gasteiger partial charge in [0.05, 0.1) is 6.54 Å². The van der Waals surface area contributed by atoms with Gasteiger partial charge >= 0.3 is 0 Å². The largest absolute Gasteiger partial charge is 0.491 e. The van der Waals surface area contributed by atoms with Gasteiger partial charge in [-0.1, -0.05) is 43.7 Å². The molecule has 2 aromatic rings. The summed E-state index contributed by atoms with van der Waals surface area (Å²) < 4.78 is 11.7. The molecule has 1 atom stereocenters. The fourth-order valence-electron chi connectivity index (χ4n) is 2.90. The molecule has 0 aromatic heterocycles. The topological polar surface area (TPSA) is 47.6 Å². The molecule has 0 bridgehead atoms. The SMILES string of the molecule is Cc1ccc(OCCNC(=O)[C@H](C)Oc2cc(C)ccc2C(C)C)c(C)c1. The first-order valence-corrected chi connectivity index (χ1v) is 9.53. The summed E-state index contributed by atoms with van der Waals surface area (Å²) in [6.07, 6.45) is -0.564. The number of ether oxygens (including phenoxy) is 2. The minimum Gasteiger partial charge on any atom is -0.491 e. The van der Waals surface area contributed by atoms with E-state index in [-0.39, 0.29) is 5.91 Å². The molecule has 1 amide bonds. The summed E-state index contributed by atoms with van der Waals surface area (Å²) in [6, 6.07) is 12.2. The zero-order valence-corrected chi connectivity index (χ0v) is 17.3. The smallest absolute Gasteiger partial charge is 0.260 e. The predicted octanol–water partition coefficient (Wildman–Crippen LogP) is 4.70. The first kappa shape index (κ1) is 20.8. The van der Waals surface area contributed by atoms with E-state index in [2.05, 4.69) is 44.3 Å². The van der Waals surface area contributed by atoms with Crippen molar-refractivity contribution >= 4 is 5.91 Å². The highest BCUT2D eigenvalue weighted by molar-refractivity contribution is 5.80. The average molecular weight is 370 g/mol. The zero-order valence-electron chi connectivity index (χ0n) is 17.3. The summed E-state index contributed by atoms with van der Waals surface area (Å²) in [5.74, 6) is 1.82. The van der Waals surface area contributed by atoms with Gasteiger partial charge in [-0.25, -0.2) is 0 Å². The van der Waals surface area contributed by atoms with Crippen LogP contribution in [0.3, 0.4) is 0 Å². The van der Waals surface area contributed by atoms with Gasteiger partial charge in [-0.15, -0.1) is 0 Å². The standard InChI is InChI=1S/C23H31NO3/c1-15(2)20-9-7-17(4)14-22(20)27-19(6)23(25)24-11-12-26-21-10-8-16(3)13-18(21)5/h7-10,13-15,19H,11-12H2,1-6H3,(H,24,25)/t19-/m0/s1. The van der Waals surface area contributed by atoms with Crippen LogP contribution in [0.25, 0.3) is 0 Å². The van der Waals surface area contributed by atoms with E-state index in [0.29, 0.717) is 19.1 Å². The summed E-state index contributed by atoms with van der Waals surface area (Å²) in [6.45, 7) is 13.0. The van der Waals surface area contributed by atoms with Gasteiger partial charge < -0.3 is 14.8 Å². The van der Waals surface area contributed by atoms with Gasteiger partial charge in [0.15, 0.2) is 6.10 Å². The third kappa shape index (κ3) is 6.02. The molecule has 0 saturated heterocycles. The van der Waals surface area contributed by atoms with Crippen molar-refractivity contribution in [3.8, 4) is 11.5 Å². The van der Waals surface area contributed by atoms with Gasteiger partial charge in [-0.05, 0) is 62.4 Å². The molecule has 27 heavy (non-hydrogen) atoms. The van der Waals surface area contributed by atoms with Gasteiger partial charge in [0, 0.05) is 0 Å². The highest BCUT2D eigenvalue weighted by Gasteiger charge is 2.17. The zero-order chi connectivity index (χ0) is 20.0. The van der Waals surface area contributed by atoms with Crippen LogP contribution in [0.2, 0.25) is 0 Å². The molecule has 0 spiro atoms. The molecule has 0 radical (unpaired) electrons. The molecule has 0 unspecified atom stereocenters. The van der Waals surface area contributed by atoms with Crippen molar-refractivity contribution in [2.24, 2.45) is 0 Å². The normalized spacial score (nSPS) is 12.0. The predicted molar refractivity (Wildman–Crippen MR) is 110 cm³/mol. The first-order valence-electron chi connectivity index (χ1n) is 9.53. The lowest BCUT2D eigenvalue weighted by molar-refractivity contribution is -0.127. The van der Waals surface area contributed by atoms with Crippen molar-refractivity contribution < 1.29 is 14.3 Å². The van der Waals surface area contributed by atoms with E-state index in [9.17, 15) is 4.79 Å². The second-order valence-electron chi connectivity index (χ2n) is 7.36. The van der Waals surface area contributed by atoms with E-state index in [1.54, 1.807) is 6.92 Å². The maximum absolute atomic E-state index is 12.3. The summed E-state index contributed by atoms with van der Waals surface area (Å²) in [7, 11) is 0. The van der Waals surface area contributed by atoms with Gasteiger partial charge in [0.2, 0.25) is 0 Å². The van der Waals surface area contributed by atoms with Gasteiger partial charge in [-0.3, -0.25) is 4.79 Å². The average Bonchev–Trinajstić information content (AvgIpc) is 2.59. The maximum atomic E-state index is 12.3. The lowest BCUT2D eigenvalue weighted by Crippen LogP contribution is -2.38. The Hall–Kier alpha value is -2.49. The second-order valence-corrected chi connectivity index (χ2v) is 7.36. The molecular weight excluding hydrogens is 338 g/mol. The maximum Gasteiger partial charge on any atom is 0.260 e. The van der Waals surface area contributed by atoms with Crippen LogP contribution in [0.4, 0.5) is 0 Å². The number of benzene rings is 2. The summed E-state index contributed by atoms with van der Waals surface area (Å²) in [5, 5.41) is 2.88. The molecule has 2 rings (SSSR count). The van der Waals surface area contributed by atoms with Crippen molar-refractivity contribution in [1.82, 2.24) is 5.32 Å². The van der Waals surface area contributed by atoms with Crippen LogP contribution in [0.15, 0.2) is 36.4 Å². The number of carbonyl (C=O) groups excluding carboxylic acids is 1. The molecule has 0 saturated carbocycles. The van der Waals surface area contributed by atoms with Gasteiger partial charge in [-0.2, -0.15) is 0 Å². The van der Waals surface area contributed by atoms with E-state index in [1.165, 1.54) is 5.56 Å². The minimum absolute atomic E-state index is 0.143. The molecule has 1 N–H and O–H groups in total. The van der Waals surface area contributed by atoms with Crippen LogP contribution in [0.5, 0.6) is 11.5 Å². The Labute approximate surface area is 162 Å². The Kier molecular flexibility index (Phi) is 7.28. The van der Waals surface area contributed by atoms with Gasteiger partial charge in [0.25, 0.3) is 5.91 Å². The van der Waals surface area contributed by atoms with Crippen LogP contribution in [0, 0.1) is 20.8 Å². The molecule has 146 valence electrons. The molecule has 0 aliphatic heterocycles. The molecule has 0 aliphatic carbocycles. The van der Waals surface area contributed by atoms with Crippen molar-refractivity contribution in [3.63, 3.8) is 0 Å². The van der Waals surface area contributed by atoms with Crippen molar-refractivity contribution in [1.29, 1.82) is 0 Å². The Morgan fingerprint density at radius 3 is 2.30 bits per heavy atom. The summed E-state index contributed by atoms with van der Waals surface area (Å²) >= 11 is 0.